The summed E-state index contributed by atoms with van der Waals surface area (Å²) in [5.41, 5.74) is 2.06. The van der Waals surface area contributed by atoms with E-state index in [4.69, 9.17) is 0 Å². The number of alkyl halides is 3. The molecule has 2 amide bonds. The van der Waals surface area contributed by atoms with Gasteiger partial charge in [0.15, 0.2) is 0 Å². The molecule has 33 heavy (non-hydrogen) atoms. The summed E-state index contributed by atoms with van der Waals surface area (Å²) in [6.07, 6.45) is -3.56. The van der Waals surface area contributed by atoms with Crippen LogP contribution in [0.25, 0.3) is 5.57 Å². The Hall–Kier alpha value is -3.09. The Morgan fingerprint density at radius 3 is 2.18 bits per heavy atom. The molecule has 0 saturated carbocycles. The quantitative estimate of drug-likeness (QED) is 0.566. The minimum atomic E-state index is -4.58. The highest BCUT2D eigenvalue weighted by atomic mass is 19.4. The predicted molar refractivity (Wildman–Crippen MR) is 121 cm³/mol. The Morgan fingerprint density at radius 1 is 0.909 bits per heavy atom. The molecular weight excluding hydrogens is 429 g/mol. The van der Waals surface area contributed by atoms with Crippen molar-refractivity contribution in [3.63, 3.8) is 0 Å². The molecule has 174 valence electrons. The summed E-state index contributed by atoms with van der Waals surface area (Å²) in [5, 5.41) is 0. The fourth-order valence-corrected chi connectivity index (χ4v) is 5.05. The van der Waals surface area contributed by atoms with E-state index in [9.17, 15) is 22.8 Å². The molecule has 0 aliphatic carbocycles. The van der Waals surface area contributed by atoms with Crippen molar-refractivity contribution in [3.8, 4) is 0 Å². The molecular formula is C26H27F3N2O2. The third-order valence-corrected chi connectivity index (χ3v) is 6.33. The van der Waals surface area contributed by atoms with E-state index in [-0.39, 0.29) is 17.0 Å². The van der Waals surface area contributed by atoms with E-state index in [1.54, 1.807) is 0 Å². The van der Waals surface area contributed by atoms with Gasteiger partial charge in [-0.25, -0.2) is 4.90 Å². The summed E-state index contributed by atoms with van der Waals surface area (Å²) in [7, 11) is 0. The standard InChI is InChI=1S/C26H27F3N2O2/c1-15-8-9-21(18(4)11-15)22-23(30-13-16(2)10-17(3)14-30)25(33)31(24(22)32)20-7-5-6-19(12-20)26(27,28)29/h5-9,11-12,16-17H,10,13-14H2,1-4H3. The van der Waals surface area contributed by atoms with Gasteiger partial charge in [-0.3, -0.25) is 9.59 Å². The molecule has 0 spiro atoms. The number of hydrogen-bond acceptors (Lipinski definition) is 3. The molecule has 7 heteroatoms. The first-order chi connectivity index (χ1) is 15.5. The Kier molecular flexibility index (Phi) is 5.85. The number of halogens is 3. The molecule has 2 heterocycles. The molecule has 1 fully saturated rings. The van der Waals surface area contributed by atoms with Crippen LogP contribution < -0.4 is 4.90 Å². The minimum Gasteiger partial charge on any atom is -0.366 e. The number of imide groups is 1. The highest BCUT2D eigenvalue weighted by Gasteiger charge is 2.44. The van der Waals surface area contributed by atoms with Crippen LogP contribution in [0.2, 0.25) is 0 Å². The van der Waals surface area contributed by atoms with Crippen LogP contribution >= 0.6 is 0 Å². The van der Waals surface area contributed by atoms with E-state index in [1.165, 1.54) is 12.1 Å². The van der Waals surface area contributed by atoms with Gasteiger partial charge in [-0.1, -0.05) is 43.7 Å². The smallest absolute Gasteiger partial charge is 0.366 e. The maximum atomic E-state index is 13.7. The number of amides is 2. The number of carbonyl (C=O) groups is 2. The van der Waals surface area contributed by atoms with E-state index >= 15 is 0 Å². The number of nitrogens with zero attached hydrogens (tertiary/aromatic N) is 2. The molecule has 1 saturated heterocycles. The monoisotopic (exact) mass is 456 g/mol. The van der Waals surface area contributed by atoms with Crippen molar-refractivity contribution < 1.29 is 22.8 Å². The largest absolute Gasteiger partial charge is 0.416 e. The Balaban J connectivity index is 1.86. The maximum absolute atomic E-state index is 13.7. The third-order valence-electron chi connectivity index (χ3n) is 6.33. The summed E-state index contributed by atoms with van der Waals surface area (Å²) < 4.78 is 40.0. The second-order valence-electron chi connectivity index (χ2n) is 9.39. The number of carbonyl (C=O) groups excluding carboxylic acids is 2. The van der Waals surface area contributed by atoms with Gasteiger partial charge in [0, 0.05) is 13.1 Å². The van der Waals surface area contributed by atoms with Crippen LogP contribution in [-0.4, -0.2) is 29.8 Å². The van der Waals surface area contributed by atoms with E-state index in [2.05, 4.69) is 13.8 Å². The van der Waals surface area contributed by atoms with Crippen molar-refractivity contribution in [3.05, 3.63) is 70.4 Å². The normalized spacial score (nSPS) is 21.9. The number of hydrogen-bond donors (Lipinski definition) is 0. The summed E-state index contributed by atoms with van der Waals surface area (Å²) >= 11 is 0. The average Bonchev–Trinajstić information content (AvgIpc) is 2.97. The average molecular weight is 457 g/mol. The number of anilines is 1. The first-order valence-electron chi connectivity index (χ1n) is 11.1. The van der Waals surface area contributed by atoms with Crippen molar-refractivity contribution >= 4 is 23.1 Å². The van der Waals surface area contributed by atoms with Gasteiger partial charge in [0.05, 0.1) is 16.8 Å². The van der Waals surface area contributed by atoms with Crippen LogP contribution in [0.15, 0.2) is 48.2 Å². The van der Waals surface area contributed by atoms with E-state index in [0.717, 1.165) is 34.6 Å². The molecule has 0 radical (unpaired) electrons. The molecule has 2 aromatic carbocycles. The summed E-state index contributed by atoms with van der Waals surface area (Å²) in [4.78, 5) is 30.2. The fraction of sp³-hybridized carbons (Fsp3) is 0.385. The maximum Gasteiger partial charge on any atom is 0.416 e. The molecule has 0 bridgehead atoms. The molecule has 0 aromatic heterocycles. The lowest BCUT2D eigenvalue weighted by molar-refractivity contribution is -0.137. The van der Waals surface area contributed by atoms with Crippen molar-refractivity contribution in [2.45, 2.75) is 40.3 Å². The predicted octanol–water partition coefficient (Wildman–Crippen LogP) is 5.58. The second-order valence-corrected chi connectivity index (χ2v) is 9.39. The second kappa shape index (κ2) is 8.36. The van der Waals surface area contributed by atoms with Crippen molar-refractivity contribution in [2.75, 3.05) is 18.0 Å². The van der Waals surface area contributed by atoms with Gasteiger partial charge in [-0.15, -0.1) is 0 Å². The first kappa shape index (κ1) is 23.1. The van der Waals surface area contributed by atoms with Gasteiger partial charge in [0.25, 0.3) is 11.8 Å². The van der Waals surface area contributed by atoms with Crippen LogP contribution in [0.4, 0.5) is 18.9 Å². The molecule has 4 rings (SSSR count). The minimum absolute atomic E-state index is 0.0739. The van der Waals surface area contributed by atoms with Gasteiger partial charge in [-0.05, 0) is 61.4 Å². The van der Waals surface area contributed by atoms with Crippen LogP contribution in [0, 0.1) is 25.7 Å². The highest BCUT2D eigenvalue weighted by molar-refractivity contribution is 6.45. The fourth-order valence-electron chi connectivity index (χ4n) is 5.05. The topological polar surface area (TPSA) is 40.6 Å². The first-order valence-corrected chi connectivity index (χ1v) is 11.1. The SMILES string of the molecule is Cc1ccc(C2=C(N3CC(C)CC(C)C3)C(=O)N(c3cccc(C(F)(F)F)c3)C2=O)c(C)c1. The third kappa shape index (κ3) is 4.28. The Bertz CT molecular complexity index is 1140. The summed E-state index contributed by atoms with van der Waals surface area (Å²) in [5.74, 6) is -0.512. The number of likely N-dealkylation sites (tertiary alicyclic amines) is 1. The molecule has 0 N–H and O–H groups in total. The zero-order chi connectivity index (χ0) is 24.1. The van der Waals surface area contributed by atoms with E-state index in [0.29, 0.717) is 30.5 Å². The Labute approximate surface area is 191 Å². The van der Waals surface area contributed by atoms with Crippen LogP contribution in [0.3, 0.4) is 0 Å². The number of aryl methyl sites for hydroxylation is 2. The van der Waals surface area contributed by atoms with Gasteiger partial charge in [0.1, 0.15) is 5.70 Å². The van der Waals surface area contributed by atoms with Gasteiger partial charge in [0.2, 0.25) is 0 Å². The molecule has 2 aliphatic rings. The number of rotatable bonds is 3. The Morgan fingerprint density at radius 2 is 1.58 bits per heavy atom. The van der Waals surface area contributed by atoms with Crippen LogP contribution in [0.1, 0.15) is 42.5 Å². The molecule has 2 unspecified atom stereocenters. The van der Waals surface area contributed by atoms with E-state index in [1.807, 2.05) is 36.9 Å². The lowest BCUT2D eigenvalue weighted by atomic mass is 9.90. The van der Waals surface area contributed by atoms with Gasteiger partial charge in [-0.2, -0.15) is 13.2 Å². The van der Waals surface area contributed by atoms with Crippen LogP contribution in [-0.2, 0) is 15.8 Å². The summed E-state index contributed by atoms with van der Waals surface area (Å²) in [6.45, 7) is 9.25. The van der Waals surface area contributed by atoms with Crippen molar-refractivity contribution in [2.24, 2.45) is 11.8 Å². The molecule has 2 atom stereocenters. The van der Waals surface area contributed by atoms with Crippen molar-refractivity contribution in [1.82, 2.24) is 4.90 Å². The highest BCUT2D eigenvalue weighted by Crippen LogP contribution is 2.39. The van der Waals surface area contributed by atoms with Gasteiger partial charge < -0.3 is 4.90 Å². The lowest BCUT2D eigenvalue weighted by Gasteiger charge is -2.37. The van der Waals surface area contributed by atoms with Crippen molar-refractivity contribution in [1.29, 1.82) is 0 Å². The molecule has 2 aromatic rings. The summed E-state index contributed by atoms with van der Waals surface area (Å²) in [6, 6.07) is 10.0. The zero-order valence-electron chi connectivity index (χ0n) is 19.2. The molecule has 2 aliphatic heterocycles. The number of piperidine rings is 1. The van der Waals surface area contributed by atoms with Gasteiger partial charge >= 0.3 is 6.18 Å². The zero-order valence-corrected chi connectivity index (χ0v) is 19.2. The number of benzene rings is 2. The van der Waals surface area contributed by atoms with Crippen LogP contribution in [0.5, 0.6) is 0 Å². The molecule has 4 nitrogen and oxygen atoms in total. The lowest BCUT2D eigenvalue weighted by Crippen LogP contribution is -2.42. The van der Waals surface area contributed by atoms with E-state index < -0.39 is 23.6 Å².